The van der Waals surface area contributed by atoms with Crippen LogP contribution in [0.25, 0.3) is 0 Å². The number of carbonyl (C=O) groups is 3. The Balaban J connectivity index is 1.31. The minimum atomic E-state index is -2.35. The fourth-order valence-corrected chi connectivity index (χ4v) is 4.17. The fourth-order valence-electron chi connectivity index (χ4n) is 4.17. The number of fused-ring (bicyclic) bond motifs is 1. The van der Waals surface area contributed by atoms with E-state index < -0.39 is 48.0 Å². The number of hydrogen-bond acceptors (Lipinski definition) is 7. The summed E-state index contributed by atoms with van der Waals surface area (Å²) >= 11 is 0. The van der Waals surface area contributed by atoms with Crippen molar-refractivity contribution in [2.24, 2.45) is 5.92 Å². The van der Waals surface area contributed by atoms with E-state index in [0.29, 0.717) is 5.56 Å². The van der Waals surface area contributed by atoms with Gasteiger partial charge < -0.3 is 18.9 Å². The molecule has 5 rings (SSSR count). The van der Waals surface area contributed by atoms with Gasteiger partial charge in [0.25, 0.3) is 5.85 Å². The van der Waals surface area contributed by atoms with Crippen LogP contribution in [-0.4, -0.2) is 48.7 Å². The van der Waals surface area contributed by atoms with Crippen LogP contribution in [0, 0.1) is 5.92 Å². The third-order valence-electron chi connectivity index (χ3n) is 6.00. The number of ether oxygens (including phenoxy) is 4. The van der Waals surface area contributed by atoms with Crippen molar-refractivity contribution in [1.29, 1.82) is 0 Å². The van der Waals surface area contributed by atoms with Crippen LogP contribution >= 0.6 is 0 Å². The molecule has 2 aliphatic rings. The molecule has 0 bridgehead atoms. The van der Waals surface area contributed by atoms with Gasteiger partial charge in [-0.05, 0) is 36.4 Å². The van der Waals surface area contributed by atoms with Crippen molar-refractivity contribution in [3.8, 4) is 0 Å². The molecule has 1 aliphatic heterocycles. The zero-order valence-electron chi connectivity index (χ0n) is 18.4. The molecule has 8 heteroatoms. The first-order valence-corrected chi connectivity index (χ1v) is 11.1. The van der Waals surface area contributed by atoms with Gasteiger partial charge >= 0.3 is 17.9 Å². The second kappa shape index (κ2) is 9.31. The van der Waals surface area contributed by atoms with E-state index in [2.05, 4.69) is 0 Å². The lowest BCUT2D eigenvalue weighted by Gasteiger charge is -2.24. The van der Waals surface area contributed by atoms with Gasteiger partial charge in [0.15, 0.2) is 6.10 Å². The highest BCUT2D eigenvalue weighted by Gasteiger charge is 2.81. The van der Waals surface area contributed by atoms with Gasteiger partial charge in [0.2, 0.25) is 0 Å². The number of halogens is 1. The molecule has 3 aromatic rings. The Bertz CT molecular complexity index is 1220. The lowest BCUT2D eigenvalue weighted by atomic mass is 10.1. The number of alkyl halides is 1. The summed E-state index contributed by atoms with van der Waals surface area (Å²) in [6.45, 7) is -0.345. The number of carbonyl (C=O) groups excluding carboxylic acids is 3. The van der Waals surface area contributed by atoms with Crippen LogP contribution in [0.15, 0.2) is 91.0 Å². The van der Waals surface area contributed by atoms with Gasteiger partial charge in [-0.2, -0.15) is 0 Å². The van der Waals surface area contributed by atoms with E-state index in [4.69, 9.17) is 18.9 Å². The molecule has 0 radical (unpaired) electrons. The quantitative estimate of drug-likeness (QED) is 0.376. The minimum absolute atomic E-state index is 0.257. The van der Waals surface area contributed by atoms with Crippen LogP contribution in [0.4, 0.5) is 4.39 Å². The predicted molar refractivity (Wildman–Crippen MR) is 120 cm³/mol. The first-order valence-electron chi connectivity index (χ1n) is 11.1. The highest BCUT2D eigenvalue weighted by atomic mass is 19.2. The summed E-state index contributed by atoms with van der Waals surface area (Å²) in [7, 11) is 0. The average Bonchev–Trinajstić information content (AvgIpc) is 3.35. The van der Waals surface area contributed by atoms with Crippen molar-refractivity contribution in [2.75, 3.05) is 6.61 Å². The van der Waals surface area contributed by atoms with Crippen molar-refractivity contribution < 1.29 is 37.7 Å². The van der Waals surface area contributed by atoms with Crippen LogP contribution in [0.3, 0.4) is 0 Å². The highest BCUT2D eigenvalue weighted by Crippen LogP contribution is 2.60. The van der Waals surface area contributed by atoms with Gasteiger partial charge in [0, 0.05) is 0 Å². The molecular weight excluding hydrogens is 455 g/mol. The maximum absolute atomic E-state index is 15.6. The van der Waals surface area contributed by atoms with E-state index in [1.165, 1.54) is 0 Å². The van der Waals surface area contributed by atoms with Crippen LogP contribution in [0.1, 0.15) is 31.1 Å². The molecule has 3 aromatic carbocycles. The van der Waals surface area contributed by atoms with Crippen LogP contribution in [-0.2, 0) is 18.9 Å². The van der Waals surface area contributed by atoms with Crippen LogP contribution < -0.4 is 0 Å². The third kappa shape index (κ3) is 4.52. The van der Waals surface area contributed by atoms with E-state index in [1.807, 2.05) is 0 Å². The fraction of sp³-hybridized carbons (Fsp3) is 0.222. The third-order valence-corrected chi connectivity index (χ3v) is 6.00. The summed E-state index contributed by atoms with van der Waals surface area (Å²) in [5.74, 6) is -5.43. The van der Waals surface area contributed by atoms with Crippen molar-refractivity contribution in [3.63, 3.8) is 0 Å². The molecule has 1 saturated carbocycles. The topological polar surface area (TPSA) is 88.1 Å². The molecule has 0 spiro atoms. The predicted octanol–water partition coefficient (Wildman–Crippen LogP) is 3.99. The molecule has 1 saturated heterocycles. The first kappa shape index (κ1) is 22.7. The molecule has 5 atom stereocenters. The molecule has 0 amide bonds. The molecule has 2 fully saturated rings. The Morgan fingerprint density at radius 1 is 0.714 bits per heavy atom. The number of benzene rings is 3. The molecule has 178 valence electrons. The van der Waals surface area contributed by atoms with Crippen molar-refractivity contribution in [3.05, 3.63) is 108 Å². The van der Waals surface area contributed by atoms with Gasteiger partial charge in [-0.3, -0.25) is 0 Å². The van der Waals surface area contributed by atoms with E-state index in [1.54, 1.807) is 91.0 Å². The van der Waals surface area contributed by atoms with Crippen molar-refractivity contribution in [2.45, 2.75) is 24.2 Å². The zero-order valence-corrected chi connectivity index (χ0v) is 18.4. The maximum atomic E-state index is 15.6. The molecule has 1 aliphatic carbocycles. The zero-order chi connectivity index (χ0) is 24.4. The molecule has 35 heavy (non-hydrogen) atoms. The molecular formula is C27H21FO7. The monoisotopic (exact) mass is 476 g/mol. The summed E-state index contributed by atoms with van der Waals surface area (Å²) < 4.78 is 37.3. The number of rotatable bonds is 7. The summed E-state index contributed by atoms with van der Waals surface area (Å²) in [6.07, 6.45) is -3.47. The number of esters is 3. The van der Waals surface area contributed by atoms with E-state index in [0.717, 1.165) is 0 Å². The Morgan fingerprint density at radius 3 is 1.69 bits per heavy atom. The van der Waals surface area contributed by atoms with E-state index in [9.17, 15) is 14.4 Å². The Labute approximate surface area is 200 Å². The van der Waals surface area contributed by atoms with Gasteiger partial charge in [0.05, 0.1) is 16.7 Å². The van der Waals surface area contributed by atoms with Gasteiger partial charge in [-0.15, -0.1) is 0 Å². The minimum Gasteiger partial charge on any atom is -0.459 e. The van der Waals surface area contributed by atoms with Crippen molar-refractivity contribution in [1.82, 2.24) is 0 Å². The van der Waals surface area contributed by atoms with E-state index in [-0.39, 0.29) is 17.7 Å². The molecule has 0 N–H and O–H groups in total. The summed E-state index contributed by atoms with van der Waals surface area (Å²) in [5, 5.41) is 0. The Hall–Kier alpha value is -4.04. The molecule has 0 aromatic heterocycles. The van der Waals surface area contributed by atoms with E-state index >= 15 is 4.39 Å². The van der Waals surface area contributed by atoms with Gasteiger partial charge in [0.1, 0.15) is 24.7 Å². The van der Waals surface area contributed by atoms with Gasteiger partial charge in [-0.25, -0.2) is 18.8 Å². The molecule has 1 heterocycles. The smallest absolute Gasteiger partial charge is 0.338 e. The standard InChI is InChI=1S/C27H21FO7/c28-27-21(23(27)34-26(31)19-14-8-3-9-15-19)22(33-25(30)18-12-6-2-7-13-18)20(35-27)16-32-24(29)17-10-4-1-5-11-17/h1-15,20-23H,16H2/t20-,21?,22?,23+,27?/m1/s1. The lowest BCUT2D eigenvalue weighted by molar-refractivity contribution is -0.140. The summed E-state index contributed by atoms with van der Waals surface area (Å²) in [4.78, 5) is 37.5. The average molecular weight is 476 g/mol. The van der Waals surface area contributed by atoms with Crippen molar-refractivity contribution >= 4 is 17.9 Å². The van der Waals surface area contributed by atoms with Crippen LogP contribution in [0.5, 0.6) is 0 Å². The SMILES string of the molecule is O=C(OC[C@H]1OC2(F)C(C1OC(=O)c1ccccc1)[C@@H]2OC(=O)c1ccccc1)c1ccccc1. The Kier molecular flexibility index (Phi) is 6.05. The molecule has 3 unspecified atom stereocenters. The second-order valence-corrected chi connectivity index (χ2v) is 8.27. The Morgan fingerprint density at radius 2 is 1.17 bits per heavy atom. The second-order valence-electron chi connectivity index (χ2n) is 8.27. The normalized spacial score (nSPS) is 26.3. The molecule has 7 nitrogen and oxygen atoms in total. The van der Waals surface area contributed by atoms with Gasteiger partial charge in [-0.1, -0.05) is 54.6 Å². The highest BCUT2D eigenvalue weighted by molar-refractivity contribution is 5.90. The first-order chi connectivity index (χ1) is 17.0. The lowest BCUT2D eigenvalue weighted by Crippen LogP contribution is -2.38. The number of hydrogen-bond donors (Lipinski definition) is 0. The summed E-state index contributed by atoms with van der Waals surface area (Å²) in [5.41, 5.74) is 0.840. The largest absolute Gasteiger partial charge is 0.459 e. The maximum Gasteiger partial charge on any atom is 0.338 e. The summed E-state index contributed by atoms with van der Waals surface area (Å²) in [6, 6.07) is 24.6. The van der Waals surface area contributed by atoms with Crippen LogP contribution in [0.2, 0.25) is 0 Å².